The summed E-state index contributed by atoms with van der Waals surface area (Å²) in [6, 6.07) is 115. The fraction of sp³-hybridized carbons (Fsp3) is 0.0667. The minimum Gasteiger partial charge on any atom is -0.310 e. The lowest BCUT2D eigenvalue weighted by Crippen LogP contribution is -2.11. The second-order valence-electron chi connectivity index (χ2n) is 29.2. The highest BCUT2D eigenvalue weighted by Crippen LogP contribution is 2.50. The first kappa shape index (κ1) is 65.0. The molecular formula is C105H78N4. The van der Waals surface area contributed by atoms with Crippen LogP contribution in [0.15, 0.2) is 358 Å². The summed E-state index contributed by atoms with van der Waals surface area (Å²) >= 11 is 0. The Morgan fingerprint density at radius 1 is 0.349 bits per heavy atom. The van der Waals surface area contributed by atoms with E-state index in [-0.39, 0.29) is 0 Å². The third-order valence-corrected chi connectivity index (χ3v) is 22.8. The van der Waals surface area contributed by atoms with Gasteiger partial charge in [-0.15, -0.1) is 0 Å². The Balaban J connectivity index is 0.771. The summed E-state index contributed by atoms with van der Waals surface area (Å²) in [7, 11) is 0. The normalized spacial score (nSPS) is 13.6. The molecule has 518 valence electrons. The zero-order chi connectivity index (χ0) is 72.5. The summed E-state index contributed by atoms with van der Waals surface area (Å²) in [5.74, 6) is 0. The molecule has 4 heteroatoms. The van der Waals surface area contributed by atoms with Gasteiger partial charge in [0.2, 0.25) is 0 Å². The van der Waals surface area contributed by atoms with Crippen molar-refractivity contribution in [3.8, 4) is 33.6 Å². The summed E-state index contributed by atoms with van der Waals surface area (Å²) in [6.07, 6.45) is 29.7. The molecule has 0 radical (unpaired) electrons. The van der Waals surface area contributed by atoms with E-state index in [0.29, 0.717) is 0 Å². The van der Waals surface area contributed by atoms with Crippen molar-refractivity contribution in [2.75, 3.05) is 9.80 Å². The third-order valence-electron chi connectivity index (χ3n) is 22.8. The van der Waals surface area contributed by atoms with E-state index in [1.165, 1.54) is 110 Å². The van der Waals surface area contributed by atoms with E-state index < -0.39 is 0 Å². The summed E-state index contributed by atoms with van der Waals surface area (Å²) < 4.78 is 4.91. The Labute approximate surface area is 636 Å². The molecule has 2 heterocycles. The van der Waals surface area contributed by atoms with E-state index in [0.717, 1.165) is 128 Å². The van der Waals surface area contributed by atoms with Gasteiger partial charge >= 0.3 is 0 Å². The van der Waals surface area contributed by atoms with Crippen molar-refractivity contribution < 1.29 is 0 Å². The van der Waals surface area contributed by atoms with Gasteiger partial charge in [0.25, 0.3) is 0 Å². The zero-order valence-corrected chi connectivity index (χ0v) is 61.0. The first-order valence-corrected chi connectivity index (χ1v) is 38.4. The molecule has 15 aromatic carbocycles. The van der Waals surface area contributed by atoms with Gasteiger partial charge in [-0.25, -0.2) is 0 Å². The van der Waals surface area contributed by atoms with Gasteiger partial charge in [-0.2, -0.15) is 0 Å². The van der Waals surface area contributed by atoms with Gasteiger partial charge < -0.3 is 18.9 Å². The SMILES string of the molecule is C=Cc1c(/C=C(\C)c2ccc3c(-c4ccc5c(c4)c4ccccc4n5-c4cccc(N(c5ccccc5)c5cccc6ccccc56)c4)c4ccccc4c(C4=CCCC=C4)c3c2)c2cc(-c3c4c(c(C5=CCCC=C5)c5ccccc35)C=CCC4)ccc2n1-c1cccc(N(c2ccccc2)c2ccccc2)c1. The van der Waals surface area contributed by atoms with Crippen molar-refractivity contribution >= 4 is 145 Å². The standard InChI is InChI=1S/C105H78N4/c1-3-97-93(95-67-76(104-89-53-24-21-50-86(89)102(72-33-9-4-10-34-72)87-51-22-25-54-90(87)104)60-63-101(95)108(97)82-46-30-44-80(68-82)106(77-38-13-6-14-39-77)78-40-15-7-16-41-78)64-70(2)74-58-61-92-96(65-74)103(73-35-11-5-12-36-73)88-52-23-26-55-91(88)105(92)75-59-62-100-94(66-75)85-49-27-28-56-99(85)109(100)83-47-31-45-81(69-83)107(79-42-17-8-18-43-79)98-57-29-37-71-32-19-20-48-84(71)98/h3,6-9,11,13-24,26-53,55-69H,1,4-5,10,12,25,54H2,2H3/b70-64+. The average Bonchev–Trinajstić information content (AvgIpc) is 1.46. The van der Waals surface area contributed by atoms with Crippen LogP contribution in [-0.2, 0) is 6.42 Å². The molecule has 0 saturated carbocycles. The first-order valence-electron chi connectivity index (χ1n) is 38.4. The Morgan fingerprint density at radius 2 is 0.844 bits per heavy atom. The molecule has 0 spiro atoms. The lowest BCUT2D eigenvalue weighted by atomic mass is 9.79. The van der Waals surface area contributed by atoms with Crippen LogP contribution in [0.4, 0.5) is 34.1 Å². The van der Waals surface area contributed by atoms with Crippen molar-refractivity contribution in [1.29, 1.82) is 0 Å². The number of fused-ring (bicyclic) bond motifs is 9. The predicted molar refractivity (Wildman–Crippen MR) is 468 cm³/mol. The molecule has 109 heavy (non-hydrogen) atoms. The van der Waals surface area contributed by atoms with E-state index >= 15 is 0 Å². The monoisotopic (exact) mass is 1390 g/mol. The fourth-order valence-electron chi connectivity index (χ4n) is 18.0. The number of hydrogen-bond acceptors (Lipinski definition) is 2. The molecule has 0 fully saturated rings. The van der Waals surface area contributed by atoms with Crippen LogP contribution in [0.2, 0.25) is 0 Å². The molecule has 0 unspecified atom stereocenters. The maximum Gasteiger partial charge on any atom is 0.0541 e. The molecule has 0 bridgehead atoms. The fourth-order valence-corrected chi connectivity index (χ4v) is 18.0. The second kappa shape index (κ2) is 27.4. The van der Waals surface area contributed by atoms with Gasteiger partial charge in [-0.3, -0.25) is 0 Å². The first-order chi connectivity index (χ1) is 54.0. The smallest absolute Gasteiger partial charge is 0.0541 e. The van der Waals surface area contributed by atoms with Gasteiger partial charge in [0.05, 0.1) is 27.9 Å². The Kier molecular flexibility index (Phi) is 16.4. The van der Waals surface area contributed by atoms with Gasteiger partial charge in [0.1, 0.15) is 0 Å². The van der Waals surface area contributed by atoms with Crippen LogP contribution < -0.4 is 9.80 Å². The Bertz CT molecular complexity index is 6700. The Morgan fingerprint density at radius 3 is 1.50 bits per heavy atom. The van der Waals surface area contributed by atoms with Gasteiger partial charge in [-0.05, 0) is 277 Å². The quantitative estimate of drug-likeness (QED) is 0.0951. The van der Waals surface area contributed by atoms with Crippen LogP contribution in [0, 0.1) is 0 Å². The lowest BCUT2D eigenvalue weighted by Gasteiger charge is -2.27. The molecule has 0 N–H and O–H groups in total. The maximum atomic E-state index is 4.71. The van der Waals surface area contributed by atoms with Crippen LogP contribution >= 0.6 is 0 Å². The summed E-state index contributed by atoms with van der Waals surface area (Å²) in [5, 5.41) is 13.5. The third kappa shape index (κ3) is 11.2. The molecular weight excluding hydrogens is 1320 g/mol. The number of anilines is 6. The van der Waals surface area contributed by atoms with Crippen LogP contribution in [0.3, 0.4) is 0 Å². The average molecular weight is 1400 g/mol. The second-order valence-corrected chi connectivity index (χ2v) is 29.2. The molecule has 3 aliphatic rings. The van der Waals surface area contributed by atoms with Crippen molar-refractivity contribution in [3.63, 3.8) is 0 Å². The number of para-hydroxylation sites is 4. The van der Waals surface area contributed by atoms with E-state index in [1.54, 1.807) is 0 Å². The number of allylic oxidation sites excluding steroid dienone is 10. The predicted octanol–water partition coefficient (Wildman–Crippen LogP) is 29.2. The topological polar surface area (TPSA) is 16.3 Å². The molecule has 17 aromatic rings. The molecule has 2 aromatic heterocycles. The van der Waals surface area contributed by atoms with Gasteiger partial charge in [0.15, 0.2) is 0 Å². The summed E-state index contributed by atoms with van der Waals surface area (Å²) in [5.41, 5.74) is 29.5. The van der Waals surface area contributed by atoms with Crippen LogP contribution in [0.1, 0.15) is 78.1 Å². The maximum absolute atomic E-state index is 4.71. The molecule has 4 nitrogen and oxygen atoms in total. The van der Waals surface area contributed by atoms with Crippen LogP contribution in [-0.4, -0.2) is 9.13 Å². The van der Waals surface area contributed by atoms with E-state index in [2.05, 4.69) is 396 Å². The Hall–Kier alpha value is -13.5. The number of rotatable bonds is 15. The van der Waals surface area contributed by atoms with Crippen molar-refractivity contribution in [2.24, 2.45) is 0 Å². The number of nitrogens with zero attached hydrogens (tertiary/aromatic N) is 4. The number of benzene rings is 15. The van der Waals surface area contributed by atoms with E-state index in [9.17, 15) is 0 Å². The highest BCUT2D eigenvalue weighted by atomic mass is 15.2. The number of aromatic nitrogens is 2. The number of hydrogen-bond donors (Lipinski definition) is 0. The molecule has 3 aliphatic carbocycles. The highest BCUT2D eigenvalue weighted by molar-refractivity contribution is 6.22. The zero-order valence-electron chi connectivity index (χ0n) is 61.0. The summed E-state index contributed by atoms with van der Waals surface area (Å²) in [6.45, 7) is 7.02. The minimum absolute atomic E-state index is 0.968. The molecule has 0 saturated heterocycles. The van der Waals surface area contributed by atoms with Crippen molar-refractivity contribution in [2.45, 2.75) is 45.4 Å². The highest BCUT2D eigenvalue weighted by Gasteiger charge is 2.27. The van der Waals surface area contributed by atoms with E-state index in [4.69, 9.17) is 6.58 Å². The van der Waals surface area contributed by atoms with Gasteiger partial charge in [0, 0.05) is 66.9 Å². The van der Waals surface area contributed by atoms with Crippen molar-refractivity contribution in [3.05, 3.63) is 398 Å². The van der Waals surface area contributed by atoms with Crippen molar-refractivity contribution in [1.82, 2.24) is 9.13 Å². The van der Waals surface area contributed by atoms with E-state index in [1.807, 2.05) is 0 Å². The van der Waals surface area contributed by atoms with Crippen LogP contribution in [0.5, 0.6) is 0 Å². The lowest BCUT2D eigenvalue weighted by molar-refractivity contribution is 0.988. The van der Waals surface area contributed by atoms with Crippen LogP contribution in [0.25, 0.3) is 144 Å². The summed E-state index contributed by atoms with van der Waals surface area (Å²) in [4.78, 5) is 4.75. The molecule has 20 rings (SSSR count). The molecule has 0 atom stereocenters. The molecule has 0 amide bonds. The largest absolute Gasteiger partial charge is 0.310 e. The van der Waals surface area contributed by atoms with Gasteiger partial charge in [-0.1, -0.05) is 249 Å². The molecule has 0 aliphatic heterocycles. The minimum atomic E-state index is 0.968.